The fourth-order valence-electron chi connectivity index (χ4n) is 8.08. The van der Waals surface area contributed by atoms with Gasteiger partial charge in [0.2, 0.25) is 21.9 Å². The Morgan fingerprint density at radius 2 is 1.61 bits per heavy atom. The fraction of sp³-hybridized carbons (Fsp3) is 0.618. The molecule has 3 aromatic rings. The van der Waals surface area contributed by atoms with Crippen molar-refractivity contribution in [3.63, 3.8) is 0 Å². The highest BCUT2D eigenvalue weighted by atomic mass is 32.2. The molecule has 0 bridgehead atoms. The number of halogens is 3. The van der Waals surface area contributed by atoms with Crippen LogP contribution in [0.4, 0.5) is 29.7 Å². The number of piperidine rings is 2. The monoisotopic (exact) mass is 731 g/mol. The number of anilines is 2. The molecule has 0 unspecified atom stereocenters. The number of amides is 3. The summed E-state index contributed by atoms with van der Waals surface area (Å²) in [5.41, 5.74) is 1.30. The van der Waals surface area contributed by atoms with Crippen LogP contribution in [0.5, 0.6) is 0 Å². The van der Waals surface area contributed by atoms with Crippen LogP contribution in [-0.2, 0) is 28.0 Å². The predicted octanol–water partition coefficient (Wildman–Crippen LogP) is 4.47. The summed E-state index contributed by atoms with van der Waals surface area (Å²) in [5.74, 6) is 1.27. The second-order valence-electron chi connectivity index (χ2n) is 14.4. The number of sulfonamides is 1. The molecule has 4 aliphatic rings. The normalized spacial score (nSPS) is 23.9. The number of rotatable bonds is 8. The van der Waals surface area contributed by atoms with Gasteiger partial charge in [0.05, 0.1) is 16.3 Å². The number of hydrogen-bond acceptors (Lipinski definition) is 9. The molecule has 0 spiro atoms. The smallest absolute Gasteiger partial charge is 0.351 e. The molecule has 1 aliphatic carbocycles. The number of urea groups is 1. The third-order valence-corrected chi connectivity index (χ3v) is 13.5. The number of nitrogens with one attached hydrogen (secondary N) is 2. The van der Waals surface area contributed by atoms with Gasteiger partial charge < -0.3 is 10.2 Å². The number of fused-ring (bicyclic) bond motifs is 1. The van der Waals surface area contributed by atoms with E-state index in [1.165, 1.54) is 10.5 Å². The Labute approximate surface area is 295 Å². The van der Waals surface area contributed by atoms with E-state index < -0.39 is 33.0 Å². The number of imide groups is 1. The Hall–Kier alpha value is -3.83. The van der Waals surface area contributed by atoms with Crippen molar-refractivity contribution in [3.8, 4) is 0 Å². The molecule has 0 radical (unpaired) electrons. The zero-order valence-corrected chi connectivity index (χ0v) is 29.4. The van der Waals surface area contributed by atoms with Crippen molar-refractivity contribution in [2.75, 3.05) is 49.5 Å². The van der Waals surface area contributed by atoms with Gasteiger partial charge in [0.25, 0.3) is 0 Å². The van der Waals surface area contributed by atoms with Crippen molar-refractivity contribution < 1.29 is 31.2 Å². The van der Waals surface area contributed by atoms with Crippen LogP contribution in [0.2, 0.25) is 0 Å². The van der Waals surface area contributed by atoms with Gasteiger partial charge in [-0.3, -0.25) is 19.7 Å². The van der Waals surface area contributed by atoms with Gasteiger partial charge in [-0.1, -0.05) is 6.07 Å². The molecular weight excluding hydrogens is 687 g/mol. The highest BCUT2D eigenvalue weighted by Crippen LogP contribution is 2.35. The zero-order valence-electron chi connectivity index (χ0n) is 28.6. The van der Waals surface area contributed by atoms with Gasteiger partial charge in [0, 0.05) is 63.5 Å². The third kappa shape index (κ3) is 7.70. The molecule has 7 rings (SSSR count). The van der Waals surface area contributed by atoms with E-state index in [2.05, 4.69) is 42.7 Å². The van der Waals surface area contributed by atoms with E-state index in [0.29, 0.717) is 63.0 Å². The maximum absolute atomic E-state index is 13.5. The molecule has 13 nitrogen and oxygen atoms in total. The largest absolute Gasteiger partial charge is 0.419 e. The molecule has 3 saturated heterocycles. The number of benzene rings is 1. The molecular formula is C34H44F3N9O4S. The third-order valence-electron chi connectivity index (χ3n) is 11.1. The van der Waals surface area contributed by atoms with Crippen LogP contribution >= 0.6 is 0 Å². The van der Waals surface area contributed by atoms with Crippen LogP contribution in [0.1, 0.15) is 74.8 Å². The molecule has 2 N–H and O–H groups in total. The van der Waals surface area contributed by atoms with Gasteiger partial charge in [0.15, 0.2) is 5.82 Å². The molecule has 0 atom stereocenters. The molecule has 3 aliphatic heterocycles. The van der Waals surface area contributed by atoms with E-state index in [1.54, 1.807) is 8.99 Å². The maximum atomic E-state index is 13.5. The van der Waals surface area contributed by atoms with Crippen molar-refractivity contribution in [3.05, 3.63) is 41.7 Å². The number of aromatic nitrogens is 4. The molecule has 5 heterocycles. The lowest BCUT2D eigenvalue weighted by atomic mass is 9.88. The van der Waals surface area contributed by atoms with Crippen LogP contribution in [0.25, 0.3) is 10.9 Å². The first-order valence-electron chi connectivity index (χ1n) is 17.8. The molecule has 2 aromatic heterocycles. The molecule has 4 fully saturated rings. The summed E-state index contributed by atoms with van der Waals surface area (Å²) in [6, 6.07) is 5.81. The minimum atomic E-state index is -4.50. The summed E-state index contributed by atoms with van der Waals surface area (Å²) in [4.78, 5) is 35.7. The zero-order chi connectivity index (χ0) is 35.9. The summed E-state index contributed by atoms with van der Waals surface area (Å²) >= 11 is 0. The second kappa shape index (κ2) is 14.3. The number of hydrogen-bond donors (Lipinski definition) is 2. The fourth-order valence-corrected chi connectivity index (χ4v) is 10.1. The molecule has 17 heteroatoms. The van der Waals surface area contributed by atoms with Crippen LogP contribution in [0.3, 0.4) is 0 Å². The second-order valence-corrected chi connectivity index (χ2v) is 16.6. The summed E-state index contributed by atoms with van der Waals surface area (Å²) in [5, 5.41) is 10.5. The molecule has 276 valence electrons. The summed E-state index contributed by atoms with van der Waals surface area (Å²) in [6.45, 7) is 4.30. The molecule has 1 saturated carbocycles. The quantitative estimate of drug-likeness (QED) is 0.343. The topological polar surface area (TPSA) is 146 Å². The van der Waals surface area contributed by atoms with Gasteiger partial charge in [-0.05, 0) is 94.0 Å². The number of aryl methyl sites for hydroxylation is 1. The van der Waals surface area contributed by atoms with E-state index in [0.717, 1.165) is 68.6 Å². The Morgan fingerprint density at radius 3 is 2.25 bits per heavy atom. The first-order valence-corrected chi connectivity index (χ1v) is 19.3. The van der Waals surface area contributed by atoms with Crippen LogP contribution in [-0.4, -0.2) is 99.9 Å². The summed E-state index contributed by atoms with van der Waals surface area (Å²) < 4.78 is 69.0. The van der Waals surface area contributed by atoms with Gasteiger partial charge in [0.1, 0.15) is 0 Å². The van der Waals surface area contributed by atoms with Crippen molar-refractivity contribution in [1.29, 1.82) is 0 Å². The highest BCUT2D eigenvalue weighted by Gasteiger charge is 2.38. The standard InChI is InChI=1S/C34H44F3N9O4S/c1-43-29-18-24(2-7-28(29)31(42-43)46-17-12-30(47)41-33(46)48)23-10-13-44(14-11-23)21-22-8-15-45(16-9-22)51(49,50)27-5-3-26(4-6-27)40-32-38-19-25(20-39-32)34(35,36)37/h2,7,18-20,22-23,26-27H,3-6,8-17,21H2,1H3,(H,38,39,40)(H,41,47,48). The molecule has 3 amide bonds. The molecule has 1 aromatic carbocycles. The maximum Gasteiger partial charge on any atom is 0.419 e. The Bertz CT molecular complexity index is 1850. The lowest BCUT2D eigenvalue weighted by molar-refractivity contribution is -0.138. The first-order chi connectivity index (χ1) is 24.3. The van der Waals surface area contributed by atoms with E-state index >= 15 is 0 Å². The minimum absolute atomic E-state index is 0.0860. The Balaban J connectivity index is 0.854. The van der Waals surface area contributed by atoms with Gasteiger partial charge >= 0.3 is 12.2 Å². The lowest BCUT2D eigenvalue weighted by Gasteiger charge is -2.39. The SMILES string of the molecule is Cn1nc(N2CCC(=O)NC2=O)c2ccc(C3CCN(CC4CCN(S(=O)(=O)C5CCC(Nc6ncc(C(F)(F)F)cn6)CC5)CC4)CC3)cc21. The van der Waals surface area contributed by atoms with E-state index in [1.807, 2.05) is 13.1 Å². The Morgan fingerprint density at radius 1 is 0.922 bits per heavy atom. The van der Waals surface area contributed by atoms with Gasteiger partial charge in [-0.25, -0.2) is 27.5 Å². The highest BCUT2D eigenvalue weighted by molar-refractivity contribution is 7.89. The minimum Gasteiger partial charge on any atom is -0.351 e. The number of nitrogens with zero attached hydrogens (tertiary/aromatic N) is 7. The first kappa shape index (κ1) is 35.6. The number of carbonyl (C=O) groups excluding carboxylic acids is 2. The van der Waals surface area contributed by atoms with E-state index in [-0.39, 0.29) is 24.3 Å². The van der Waals surface area contributed by atoms with Crippen molar-refractivity contribution in [2.24, 2.45) is 13.0 Å². The van der Waals surface area contributed by atoms with Crippen molar-refractivity contribution in [1.82, 2.24) is 34.3 Å². The lowest BCUT2D eigenvalue weighted by Crippen LogP contribution is -2.49. The van der Waals surface area contributed by atoms with Crippen molar-refractivity contribution >= 4 is 44.6 Å². The average molecular weight is 732 g/mol. The van der Waals surface area contributed by atoms with Crippen molar-refractivity contribution in [2.45, 2.75) is 81.2 Å². The van der Waals surface area contributed by atoms with Crippen LogP contribution < -0.4 is 15.5 Å². The number of carbonyl (C=O) groups is 2. The predicted molar refractivity (Wildman–Crippen MR) is 185 cm³/mol. The summed E-state index contributed by atoms with van der Waals surface area (Å²) in [7, 11) is -1.56. The van der Waals surface area contributed by atoms with E-state index in [9.17, 15) is 31.2 Å². The Kier molecular flexibility index (Phi) is 9.97. The van der Waals surface area contributed by atoms with Crippen LogP contribution in [0.15, 0.2) is 30.6 Å². The number of likely N-dealkylation sites (tertiary alicyclic amines) is 1. The average Bonchev–Trinajstić information content (AvgIpc) is 3.44. The molecule has 51 heavy (non-hydrogen) atoms. The van der Waals surface area contributed by atoms with Crippen LogP contribution in [0, 0.1) is 5.92 Å². The van der Waals surface area contributed by atoms with E-state index in [4.69, 9.17) is 0 Å². The van der Waals surface area contributed by atoms with Gasteiger partial charge in [-0.2, -0.15) is 18.3 Å². The number of alkyl halides is 3. The summed E-state index contributed by atoms with van der Waals surface area (Å²) in [6.07, 6.45) is 3.13. The van der Waals surface area contributed by atoms with Gasteiger partial charge in [-0.15, -0.1) is 0 Å².